The zero-order valence-corrected chi connectivity index (χ0v) is 14.0. The first-order valence-electron chi connectivity index (χ1n) is 7.24. The molecule has 0 saturated heterocycles. The Hall–Kier alpha value is -0.890. The molecule has 0 amide bonds. The van der Waals surface area contributed by atoms with Crippen molar-refractivity contribution < 1.29 is 12.8 Å². The molecule has 120 valence electrons. The third-order valence-corrected chi connectivity index (χ3v) is 5.58. The quantitative estimate of drug-likeness (QED) is 0.776. The topological polar surface area (TPSA) is 65.8 Å². The Kier molecular flexibility index (Phi) is 5.08. The summed E-state index contributed by atoms with van der Waals surface area (Å²) >= 11 is 0. The van der Waals surface area contributed by atoms with Gasteiger partial charge in [0, 0.05) is 32.2 Å². The molecule has 1 aliphatic carbocycles. The number of likely N-dealkylation sites (N-methyl/N-ethyl adjacent to an activating group) is 2. The molecule has 0 bridgehead atoms. The highest BCUT2D eigenvalue weighted by Gasteiger charge is 2.27. The van der Waals surface area contributed by atoms with Gasteiger partial charge in [0.2, 0.25) is 10.0 Å². The molecule has 0 atom stereocenters. The summed E-state index contributed by atoms with van der Waals surface area (Å²) in [6.45, 7) is 3.42. The molecule has 0 aromatic carbocycles. The molecule has 2 rings (SSSR count). The molecule has 1 aromatic heterocycles. The van der Waals surface area contributed by atoms with Gasteiger partial charge in [0.25, 0.3) is 0 Å². The average molecular weight is 315 g/mol. The third kappa shape index (κ3) is 4.29. The summed E-state index contributed by atoms with van der Waals surface area (Å²) in [7, 11) is 1.97. The zero-order valence-electron chi connectivity index (χ0n) is 13.2. The van der Waals surface area contributed by atoms with Gasteiger partial charge in [-0.15, -0.1) is 0 Å². The standard InChI is InChI=1S/C14H25N3O3S/c1-11-14(9-13(20-11)10-15-12-5-6-12)21(18,19)17(4)8-7-16(2)3/h9,12,15H,5-8,10H2,1-4H3. The summed E-state index contributed by atoms with van der Waals surface area (Å²) < 4.78 is 32.1. The number of aryl methyl sites for hydroxylation is 1. The first-order valence-corrected chi connectivity index (χ1v) is 8.68. The maximum atomic E-state index is 12.6. The Morgan fingerprint density at radius 2 is 1.95 bits per heavy atom. The minimum Gasteiger partial charge on any atom is -0.464 e. The van der Waals surface area contributed by atoms with Crippen LogP contribution in [0, 0.1) is 6.92 Å². The average Bonchev–Trinajstić information content (AvgIpc) is 3.15. The fourth-order valence-electron chi connectivity index (χ4n) is 2.03. The molecular weight excluding hydrogens is 290 g/mol. The van der Waals surface area contributed by atoms with Gasteiger partial charge in [-0.3, -0.25) is 0 Å². The first kappa shape index (κ1) is 16.5. The predicted octanol–water partition coefficient (Wildman–Crippen LogP) is 1.02. The van der Waals surface area contributed by atoms with Crippen molar-refractivity contribution in [3.8, 4) is 0 Å². The van der Waals surface area contributed by atoms with E-state index in [1.54, 1.807) is 20.0 Å². The van der Waals surface area contributed by atoms with E-state index in [2.05, 4.69) is 5.32 Å². The number of nitrogens with zero attached hydrogens (tertiary/aromatic N) is 2. The van der Waals surface area contributed by atoms with Crippen LogP contribution in [0.25, 0.3) is 0 Å². The summed E-state index contributed by atoms with van der Waals surface area (Å²) in [5, 5.41) is 3.33. The van der Waals surface area contributed by atoms with Crippen molar-refractivity contribution in [2.45, 2.75) is 37.2 Å². The summed E-state index contributed by atoms with van der Waals surface area (Å²) in [5.74, 6) is 1.14. The van der Waals surface area contributed by atoms with Gasteiger partial charge in [0.15, 0.2) is 0 Å². The molecule has 0 aliphatic heterocycles. The van der Waals surface area contributed by atoms with Crippen molar-refractivity contribution in [1.29, 1.82) is 0 Å². The molecule has 21 heavy (non-hydrogen) atoms. The molecule has 0 unspecified atom stereocenters. The highest BCUT2D eigenvalue weighted by molar-refractivity contribution is 7.89. The van der Waals surface area contributed by atoms with Gasteiger partial charge in [0.1, 0.15) is 16.4 Å². The van der Waals surface area contributed by atoms with Gasteiger partial charge in [-0.1, -0.05) is 0 Å². The van der Waals surface area contributed by atoms with Gasteiger partial charge in [-0.2, -0.15) is 4.31 Å². The maximum Gasteiger partial charge on any atom is 0.246 e. The fraction of sp³-hybridized carbons (Fsp3) is 0.714. The second-order valence-corrected chi connectivity index (χ2v) is 7.93. The largest absolute Gasteiger partial charge is 0.464 e. The van der Waals surface area contributed by atoms with E-state index in [1.807, 2.05) is 19.0 Å². The van der Waals surface area contributed by atoms with Crippen molar-refractivity contribution in [2.24, 2.45) is 0 Å². The van der Waals surface area contributed by atoms with Crippen LogP contribution in [-0.2, 0) is 16.6 Å². The van der Waals surface area contributed by atoms with Crippen molar-refractivity contribution in [2.75, 3.05) is 34.2 Å². The number of hydrogen-bond acceptors (Lipinski definition) is 5. The van der Waals surface area contributed by atoms with E-state index in [1.165, 1.54) is 17.1 Å². The molecule has 0 spiro atoms. The number of sulfonamides is 1. The number of hydrogen-bond donors (Lipinski definition) is 1. The molecular formula is C14H25N3O3S. The molecule has 7 heteroatoms. The Morgan fingerprint density at radius 1 is 1.29 bits per heavy atom. The van der Waals surface area contributed by atoms with Crippen LogP contribution in [0.3, 0.4) is 0 Å². The van der Waals surface area contributed by atoms with E-state index < -0.39 is 10.0 Å². The van der Waals surface area contributed by atoms with E-state index in [0.717, 1.165) is 0 Å². The fourth-order valence-corrected chi connectivity index (χ4v) is 3.37. The van der Waals surface area contributed by atoms with Crippen LogP contribution in [0.5, 0.6) is 0 Å². The molecule has 1 aromatic rings. The van der Waals surface area contributed by atoms with E-state index in [-0.39, 0.29) is 4.90 Å². The number of furan rings is 1. The van der Waals surface area contributed by atoms with Crippen LogP contribution in [0.1, 0.15) is 24.4 Å². The third-order valence-electron chi connectivity index (χ3n) is 3.62. The van der Waals surface area contributed by atoms with Crippen molar-refractivity contribution >= 4 is 10.0 Å². The predicted molar refractivity (Wildman–Crippen MR) is 81.7 cm³/mol. The molecule has 0 radical (unpaired) electrons. The monoisotopic (exact) mass is 315 g/mol. The maximum absolute atomic E-state index is 12.6. The Morgan fingerprint density at radius 3 is 2.52 bits per heavy atom. The lowest BCUT2D eigenvalue weighted by molar-refractivity contribution is 0.358. The highest BCUT2D eigenvalue weighted by atomic mass is 32.2. The smallest absolute Gasteiger partial charge is 0.246 e. The molecule has 1 N–H and O–H groups in total. The van der Waals surface area contributed by atoms with Crippen LogP contribution in [-0.4, -0.2) is 57.9 Å². The van der Waals surface area contributed by atoms with Gasteiger partial charge in [0.05, 0.1) is 6.54 Å². The second-order valence-electron chi connectivity index (χ2n) is 5.92. The van der Waals surface area contributed by atoms with E-state index in [0.29, 0.717) is 37.2 Å². The zero-order chi connectivity index (χ0) is 15.6. The van der Waals surface area contributed by atoms with E-state index in [9.17, 15) is 8.42 Å². The summed E-state index contributed by atoms with van der Waals surface area (Å²) in [6.07, 6.45) is 2.39. The molecule has 1 saturated carbocycles. The molecule has 1 heterocycles. The van der Waals surface area contributed by atoms with E-state index in [4.69, 9.17) is 4.42 Å². The minimum atomic E-state index is -3.48. The molecule has 1 aliphatic rings. The summed E-state index contributed by atoms with van der Waals surface area (Å²) in [5.41, 5.74) is 0. The Balaban J connectivity index is 2.07. The minimum absolute atomic E-state index is 0.274. The lowest BCUT2D eigenvalue weighted by Crippen LogP contribution is -2.33. The van der Waals surface area contributed by atoms with Crippen molar-refractivity contribution in [3.05, 3.63) is 17.6 Å². The second kappa shape index (κ2) is 6.48. The van der Waals surface area contributed by atoms with E-state index >= 15 is 0 Å². The van der Waals surface area contributed by atoms with Crippen LogP contribution >= 0.6 is 0 Å². The number of rotatable bonds is 8. The first-order chi connectivity index (χ1) is 9.80. The van der Waals surface area contributed by atoms with Crippen molar-refractivity contribution in [1.82, 2.24) is 14.5 Å². The lowest BCUT2D eigenvalue weighted by Gasteiger charge is -2.18. The van der Waals surface area contributed by atoms with Gasteiger partial charge >= 0.3 is 0 Å². The summed E-state index contributed by atoms with van der Waals surface area (Å²) in [6, 6.07) is 2.21. The Bertz CT molecular complexity index is 576. The highest BCUT2D eigenvalue weighted by Crippen LogP contribution is 2.24. The van der Waals surface area contributed by atoms with Crippen LogP contribution in [0.2, 0.25) is 0 Å². The number of nitrogens with one attached hydrogen (secondary N) is 1. The van der Waals surface area contributed by atoms with Crippen LogP contribution < -0.4 is 5.32 Å². The molecule has 1 fully saturated rings. The van der Waals surface area contributed by atoms with Gasteiger partial charge < -0.3 is 14.6 Å². The molecule has 6 nitrogen and oxygen atoms in total. The van der Waals surface area contributed by atoms with Crippen LogP contribution in [0.15, 0.2) is 15.4 Å². The van der Waals surface area contributed by atoms with Crippen LogP contribution in [0.4, 0.5) is 0 Å². The SMILES string of the molecule is Cc1oc(CNC2CC2)cc1S(=O)(=O)N(C)CCN(C)C. The van der Waals surface area contributed by atoms with Gasteiger partial charge in [-0.25, -0.2) is 8.42 Å². The lowest BCUT2D eigenvalue weighted by atomic mass is 10.4. The van der Waals surface area contributed by atoms with Gasteiger partial charge in [-0.05, 0) is 33.9 Å². The van der Waals surface area contributed by atoms with Crippen molar-refractivity contribution in [3.63, 3.8) is 0 Å². The summed E-state index contributed by atoms with van der Waals surface area (Å²) in [4.78, 5) is 2.23. The Labute approximate surface area is 127 Å². The normalized spacial score (nSPS) is 16.1.